The molecule has 0 radical (unpaired) electrons. The third-order valence-electron chi connectivity index (χ3n) is 2.10. The van der Waals surface area contributed by atoms with Crippen molar-refractivity contribution in [2.45, 2.75) is 34.6 Å². The minimum Gasteiger partial charge on any atom is -0.0625 e. The van der Waals surface area contributed by atoms with Crippen molar-refractivity contribution >= 4 is 17.4 Å². The van der Waals surface area contributed by atoms with Crippen LogP contribution in [-0.4, -0.2) is 17.4 Å². The summed E-state index contributed by atoms with van der Waals surface area (Å²) in [5, 5.41) is 0. The Labute approximate surface area is 70.2 Å². The van der Waals surface area contributed by atoms with Gasteiger partial charge in [-0.05, 0) is 17.8 Å². The Balaban J connectivity index is 0. The Bertz CT molecular complexity index is 49.6. The van der Waals surface area contributed by atoms with Crippen LogP contribution in [0.4, 0.5) is 0 Å². The van der Waals surface area contributed by atoms with Crippen LogP contribution in [-0.2, 0) is 0 Å². The third kappa shape index (κ3) is 5.00. The first-order chi connectivity index (χ1) is 3.55. The van der Waals surface area contributed by atoms with E-state index in [9.17, 15) is 0 Å². The summed E-state index contributed by atoms with van der Waals surface area (Å²) in [6.07, 6.45) is 0. The molecule has 0 bridgehead atoms. The van der Waals surface area contributed by atoms with Crippen LogP contribution < -0.4 is 0 Å². The molecule has 0 aliphatic rings. The second-order valence-electron chi connectivity index (χ2n) is 3.35. The van der Waals surface area contributed by atoms with Gasteiger partial charge in [-0.25, -0.2) is 0 Å². The molecule has 0 N–H and O–H groups in total. The van der Waals surface area contributed by atoms with Gasteiger partial charge >= 0.3 is 0 Å². The monoisotopic (exact) mass is 144 g/mol. The van der Waals surface area contributed by atoms with Gasteiger partial charge in [-0.2, -0.15) is 0 Å². The maximum absolute atomic E-state index is 2.31. The van der Waals surface area contributed by atoms with Gasteiger partial charge in [-0.3, -0.25) is 0 Å². The molecule has 9 heavy (non-hydrogen) atoms. The topological polar surface area (TPSA) is 0 Å². The summed E-state index contributed by atoms with van der Waals surface area (Å²) >= 11 is 0. The molecule has 0 rings (SSSR count). The Kier molecular flexibility index (Phi) is 7.24. The van der Waals surface area contributed by atoms with Crippen molar-refractivity contribution in [2.75, 3.05) is 0 Å². The summed E-state index contributed by atoms with van der Waals surface area (Å²) in [5.41, 5.74) is 0. The summed E-state index contributed by atoms with van der Waals surface area (Å²) in [6, 6.07) is 0. The largest absolute Gasteiger partial charge is 0.187 e. The van der Waals surface area contributed by atoms with Crippen molar-refractivity contribution < 1.29 is 0 Å². The van der Waals surface area contributed by atoms with Crippen molar-refractivity contribution in [3.05, 3.63) is 0 Å². The van der Waals surface area contributed by atoms with Gasteiger partial charge in [-0.15, -0.1) is 0 Å². The quantitative estimate of drug-likeness (QED) is 0.518. The summed E-state index contributed by atoms with van der Waals surface area (Å²) in [5.74, 6) is 2.56. The average Bonchev–Trinajstić information content (AvgIpc) is 1.64. The van der Waals surface area contributed by atoms with E-state index in [1.807, 2.05) is 0 Å². The molecule has 0 nitrogen and oxygen atoms in total. The van der Waals surface area contributed by atoms with E-state index in [0.717, 1.165) is 17.8 Å². The first-order valence-corrected chi connectivity index (χ1v) is 3.55. The molecule has 0 aromatic rings. The summed E-state index contributed by atoms with van der Waals surface area (Å²) in [6.45, 7) is 11.4. The van der Waals surface area contributed by atoms with Crippen LogP contribution in [0.2, 0.25) is 0 Å². The third-order valence-corrected chi connectivity index (χ3v) is 2.10. The molecule has 0 aliphatic carbocycles. The van der Waals surface area contributed by atoms with E-state index in [2.05, 4.69) is 34.6 Å². The lowest BCUT2D eigenvalue weighted by Gasteiger charge is -2.18. The molecule has 0 fully saturated rings. The Morgan fingerprint density at radius 1 is 0.667 bits per heavy atom. The van der Waals surface area contributed by atoms with Crippen molar-refractivity contribution in [3.8, 4) is 0 Å². The maximum atomic E-state index is 2.31. The predicted octanol–water partition coefficient (Wildman–Crippen LogP) is 1.75. The second-order valence-corrected chi connectivity index (χ2v) is 3.35. The van der Waals surface area contributed by atoms with Gasteiger partial charge in [-0.1, -0.05) is 34.6 Å². The first-order valence-electron chi connectivity index (χ1n) is 3.55. The smallest absolute Gasteiger partial charge is 0.0625 e. The molecule has 0 atom stereocenters. The minimum atomic E-state index is 0. The van der Waals surface area contributed by atoms with Crippen LogP contribution in [0.1, 0.15) is 34.6 Å². The predicted molar refractivity (Wildman–Crippen MR) is 48.8 cm³/mol. The van der Waals surface area contributed by atoms with Crippen LogP contribution >= 0.6 is 0 Å². The number of hydrogen-bond acceptors (Lipinski definition) is 0. The average molecular weight is 144 g/mol. The molecule has 0 aromatic heterocycles. The van der Waals surface area contributed by atoms with Crippen LogP contribution in [0.5, 0.6) is 0 Å². The minimum absolute atomic E-state index is 0. The van der Waals surface area contributed by atoms with Gasteiger partial charge < -0.3 is 0 Å². The van der Waals surface area contributed by atoms with Gasteiger partial charge in [0.2, 0.25) is 0 Å². The van der Waals surface area contributed by atoms with Gasteiger partial charge in [0.15, 0.2) is 17.4 Å². The highest BCUT2D eigenvalue weighted by molar-refractivity contribution is 5.75. The molecule has 0 unspecified atom stereocenters. The maximum Gasteiger partial charge on any atom is 0.187 e. The summed E-state index contributed by atoms with van der Waals surface area (Å²) in [4.78, 5) is 0. The Morgan fingerprint density at radius 2 is 0.889 bits per heavy atom. The van der Waals surface area contributed by atoms with Crippen LogP contribution in [0, 0.1) is 17.8 Å². The zero-order chi connectivity index (χ0) is 6.73. The van der Waals surface area contributed by atoms with E-state index in [0.29, 0.717) is 0 Å². The molecular weight excluding hydrogens is 123 g/mol. The van der Waals surface area contributed by atoms with Crippen LogP contribution in [0.3, 0.4) is 0 Å². The molecule has 0 aliphatic heterocycles. The van der Waals surface area contributed by atoms with Crippen LogP contribution in [0.25, 0.3) is 0 Å². The zero-order valence-electron chi connectivity index (χ0n) is 6.73. The van der Waals surface area contributed by atoms with Gasteiger partial charge in [0.25, 0.3) is 0 Å². The molecular formula is C8H21Al. The lowest BCUT2D eigenvalue weighted by Crippen LogP contribution is -2.10. The fourth-order valence-electron chi connectivity index (χ4n) is 0.770. The normalized spacial score (nSPS) is 10.7. The molecule has 0 spiro atoms. The van der Waals surface area contributed by atoms with Gasteiger partial charge in [0.1, 0.15) is 0 Å². The van der Waals surface area contributed by atoms with Crippen molar-refractivity contribution in [3.63, 3.8) is 0 Å². The highest BCUT2D eigenvalue weighted by Crippen LogP contribution is 2.18. The fourth-order valence-corrected chi connectivity index (χ4v) is 0.770. The van der Waals surface area contributed by atoms with E-state index < -0.39 is 0 Å². The molecule has 0 saturated heterocycles. The van der Waals surface area contributed by atoms with Crippen molar-refractivity contribution in [1.29, 1.82) is 0 Å². The highest BCUT2D eigenvalue weighted by Gasteiger charge is 2.09. The summed E-state index contributed by atoms with van der Waals surface area (Å²) in [7, 11) is 0. The van der Waals surface area contributed by atoms with Gasteiger partial charge in [0, 0.05) is 0 Å². The molecule has 0 saturated carbocycles. The molecule has 0 aromatic carbocycles. The fraction of sp³-hybridized carbons (Fsp3) is 1.00. The lowest BCUT2D eigenvalue weighted by atomic mass is 9.88. The molecule has 1 heteroatoms. The molecule has 0 heterocycles. The second kappa shape index (κ2) is 5.33. The standard InChI is InChI=1S/C8H18.Al.3H/c1-6(2)8(5)7(3)4;;;;/h6-8H,1-5H3;;;;. The lowest BCUT2D eigenvalue weighted by molar-refractivity contribution is 0.316. The van der Waals surface area contributed by atoms with E-state index in [-0.39, 0.29) is 17.4 Å². The van der Waals surface area contributed by atoms with Crippen molar-refractivity contribution in [1.82, 2.24) is 0 Å². The van der Waals surface area contributed by atoms with Crippen LogP contribution in [0.15, 0.2) is 0 Å². The van der Waals surface area contributed by atoms with E-state index in [4.69, 9.17) is 0 Å². The summed E-state index contributed by atoms with van der Waals surface area (Å²) < 4.78 is 0. The van der Waals surface area contributed by atoms with E-state index >= 15 is 0 Å². The first kappa shape index (κ1) is 12.2. The molecule has 56 valence electrons. The number of rotatable bonds is 2. The van der Waals surface area contributed by atoms with E-state index in [1.54, 1.807) is 0 Å². The zero-order valence-corrected chi connectivity index (χ0v) is 6.73. The molecule has 0 amide bonds. The SMILES string of the molecule is CC(C)C(C)C(C)C.[AlH3]. The van der Waals surface area contributed by atoms with Gasteiger partial charge in [0.05, 0.1) is 0 Å². The number of hydrogen-bond donors (Lipinski definition) is 0. The highest BCUT2D eigenvalue weighted by atomic mass is 27.0. The van der Waals surface area contributed by atoms with Crippen molar-refractivity contribution in [2.24, 2.45) is 17.8 Å². The Hall–Kier alpha value is 0.532. The van der Waals surface area contributed by atoms with E-state index in [1.165, 1.54) is 0 Å². The Morgan fingerprint density at radius 3 is 0.889 bits per heavy atom.